The number of ether oxygens (including phenoxy) is 2. The molecule has 0 radical (unpaired) electrons. The number of carbonyl (C=O) groups is 1. The van der Waals surface area contributed by atoms with Crippen molar-refractivity contribution < 1.29 is 32.5 Å². The van der Waals surface area contributed by atoms with Gasteiger partial charge < -0.3 is 14.6 Å². The highest BCUT2D eigenvalue weighted by molar-refractivity contribution is 5.73. The summed E-state index contributed by atoms with van der Waals surface area (Å²) in [5.41, 5.74) is 0. The van der Waals surface area contributed by atoms with Crippen molar-refractivity contribution in [2.45, 2.75) is 57.0 Å². The smallest absolute Gasteiger partial charge is 0.475 e. The molecule has 3 fully saturated rings. The van der Waals surface area contributed by atoms with Crippen molar-refractivity contribution in [3.63, 3.8) is 0 Å². The quantitative estimate of drug-likeness (QED) is 0.852. The van der Waals surface area contributed by atoms with Gasteiger partial charge in [-0.1, -0.05) is 0 Å². The lowest BCUT2D eigenvalue weighted by Gasteiger charge is -2.39. The molecule has 1 saturated heterocycles. The molecular formula is C15H24F3NO4. The van der Waals surface area contributed by atoms with Crippen LogP contribution in [0, 0.1) is 5.92 Å². The molecule has 0 aromatic rings. The fourth-order valence-electron chi connectivity index (χ4n) is 3.24. The zero-order valence-electron chi connectivity index (χ0n) is 13.2. The number of carboxylic acids is 1. The van der Waals surface area contributed by atoms with Crippen LogP contribution in [0.25, 0.3) is 0 Å². The minimum Gasteiger partial charge on any atom is -0.475 e. The van der Waals surface area contributed by atoms with Crippen molar-refractivity contribution in [1.29, 1.82) is 0 Å². The zero-order valence-corrected chi connectivity index (χ0v) is 13.2. The van der Waals surface area contributed by atoms with Crippen LogP contribution in [0.2, 0.25) is 0 Å². The lowest BCUT2D eigenvalue weighted by Crippen LogP contribution is -2.52. The topological polar surface area (TPSA) is 59.0 Å². The van der Waals surface area contributed by atoms with Gasteiger partial charge in [-0.05, 0) is 38.5 Å². The van der Waals surface area contributed by atoms with Gasteiger partial charge in [0.1, 0.15) is 0 Å². The maximum atomic E-state index is 10.6. The lowest BCUT2D eigenvalue weighted by atomic mass is 10.1. The molecule has 3 rings (SSSR count). The van der Waals surface area contributed by atoms with Crippen molar-refractivity contribution in [2.24, 2.45) is 5.92 Å². The molecule has 0 unspecified atom stereocenters. The second-order valence-corrected chi connectivity index (χ2v) is 6.22. The molecule has 1 aliphatic heterocycles. The third-order valence-electron chi connectivity index (χ3n) is 4.46. The molecule has 3 aliphatic rings. The summed E-state index contributed by atoms with van der Waals surface area (Å²) in [5.74, 6) is -1.77. The van der Waals surface area contributed by atoms with Crippen LogP contribution >= 0.6 is 0 Å². The number of halogens is 3. The zero-order chi connectivity index (χ0) is 17.0. The number of carboxylic acid groups (broad SMARTS) is 1. The van der Waals surface area contributed by atoms with E-state index >= 15 is 0 Å². The van der Waals surface area contributed by atoms with Gasteiger partial charge in [-0.25, -0.2) is 4.79 Å². The molecule has 2 saturated carbocycles. The first-order chi connectivity index (χ1) is 10.8. The summed E-state index contributed by atoms with van der Waals surface area (Å²) in [6.07, 6.45) is 0.976. The maximum absolute atomic E-state index is 10.6. The molecule has 0 bridgehead atoms. The minimum absolute atomic E-state index is 0.354. The molecule has 0 amide bonds. The second kappa shape index (κ2) is 7.81. The number of aliphatic carboxylic acids is 1. The molecule has 5 nitrogen and oxygen atoms in total. The van der Waals surface area contributed by atoms with E-state index in [1.54, 1.807) is 0 Å². The Morgan fingerprint density at radius 1 is 1.30 bits per heavy atom. The standard InChI is InChI=1S/C13H23NO2.C2HF3O2/c1-2-15-12-6-5-11-13(12)16-8-7-14(11)9-10-3-4-10;3-2(4,5)1(6)7/h10-13H,2-9H2,1H3;(H,6,7)/t11-,12+,13+;/m0./s1. The van der Waals surface area contributed by atoms with E-state index in [1.807, 2.05) is 0 Å². The SMILES string of the molecule is CCO[C@@H]1CC[C@H]2[C@H]1OCCN2CC1CC1.O=C(O)C(F)(F)F. The third-order valence-corrected chi connectivity index (χ3v) is 4.46. The van der Waals surface area contributed by atoms with Gasteiger partial charge in [-0.2, -0.15) is 13.2 Å². The third kappa shape index (κ3) is 5.32. The van der Waals surface area contributed by atoms with Crippen molar-refractivity contribution in [1.82, 2.24) is 4.90 Å². The van der Waals surface area contributed by atoms with Crippen LogP contribution in [0.15, 0.2) is 0 Å². The van der Waals surface area contributed by atoms with Crippen LogP contribution in [0.3, 0.4) is 0 Å². The molecule has 1 N–H and O–H groups in total. The summed E-state index contributed by atoms with van der Waals surface area (Å²) in [7, 11) is 0. The Bertz CT molecular complexity index is 401. The normalized spacial score (nSPS) is 31.2. The van der Waals surface area contributed by atoms with Crippen LogP contribution in [-0.2, 0) is 14.3 Å². The highest BCUT2D eigenvalue weighted by Gasteiger charge is 2.44. The van der Waals surface area contributed by atoms with E-state index in [0.717, 1.165) is 25.7 Å². The van der Waals surface area contributed by atoms with E-state index < -0.39 is 12.1 Å². The largest absolute Gasteiger partial charge is 0.490 e. The van der Waals surface area contributed by atoms with Gasteiger partial charge in [-0.15, -0.1) is 0 Å². The molecule has 8 heteroatoms. The average Bonchev–Trinajstić information content (AvgIpc) is 3.19. The van der Waals surface area contributed by atoms with Crippen LogP contribution < -0.4 is 0 Å². The van der Waals surface area contributed by atoms with Crippen molar-refractivity contribution in [3.05, 3.63) is 0 Å². The molecule has 134 valence electrons. The first kappa shape index (κ1) is 18.5. The van der Waals surface area contributed by atoms with Gasteiger partial charge in [-0.3, -0.25) is 4.90 Å². The second-order valence-electron chi connectivity index (χ2n) is 6.22. The number of morpholine rings is 1. The van der Waals surface area contributed by atoms with E-state index in [1.165, 1.54) is 32.2 Å². The van der Waals surface area contributed by atoms with Gasteiger partial charge >= 0.3 is 12.1 Å². The number of nitrogens with zero attached hydrogens (tertiary/aromatic N) is 1. The summed E-state index contributed by atoms with van der Waals surface area (Å²) in [4.78, 5) is 11.6. The monoisotopic (exact) mass is 339 g/mol. The Labute approximate surface area is 133 Å². The predicted molar refractivity (Wildman–Crippen MR) is 76.2 cm³/mol. The minimum atomic E-state index is -5.08. The van der Waals surface area contributed by atoms with Crippen LogP contribution in [0.4, 0.5) is 13.2 Å². The fourth-order valence-corrected chi connectivity index (χ4v) is 3.24. The molecule has 3 atom stereocenters. The Balaban J connectivity index is 0.000000236. The molecule has 23 heavy (non-hydrogen) atoms. The summed E-state index contributed by atoms with van der Waals surface area (Å²) in [6.45, 7) is 6.25. The Morgan fingerprint density at radius 2 is 1.96 bits per heavy atom. The van der Waals surface area contributed by atoms with E-state index in [-0.39, 0.29) is 0 Å². The summed E-state index contributed by atoms with van der Waals surface area (Å²) in [6, 6.07) is 0.644. The van der Waals surface area contributed by atoms with Crippen LogP contribution in [0.5, 0.6) is 0 Å². The van der Waals surface area contributed by atoms with Crippen LogP contribution in [-0.4, -0.2) is 66.7 Å². The molecule has 0 aromatic heterocycles. The number of rotatable bonds is 4. The van der Waals surface area contributed by atoms with Gasteiger partial charge in [0.15, 0.2) is 0 Å². The van der Waals surface area contributed by atoms with E-state index in [9.17, 15) is 13.2 Å². The van der Waals surface area contributed by atoms with Crippen molar-refractivity contribution >= 4 is 5.97 Å². The van der Waals surface area contributed by atoms with Crippen LogP contribution in [0.1, 0.15) is 32.6 Å². The molecule has 0 spiro atoms. The van der Waals surface area contributed by atoms with E-state index in [4.69, 9.17) is 19.4 Å². The lowest BCUT2D eigenvalue weighted by molar-refractivity contribution is -0.192. The Morgan fingerprint density at radius 3 is 2.48 bits per heavy atom. The number of fused-ring (bicyclic) bond motifs is 1. The van der Waals surface area contributed by atoms with Crippen molar-refractivity contribution in [2.75, 3.05) is 26.3 Å². The summed E-state index contributed by atoms with van der Waals surface area (Å²) < 4.78 is 43.5. The van der Waals surface area contributed by atoms with E-state index in [2.05, 4.69) is 11.8 Å². The summed E-state index contributed by atoms with van der Waals surface area (Å²) >= 11 is 0. The number of hydrogen-bond acceptors (Lipinski definition) is 4. The Hall–Kier alpha value is -0.860. The number of alkyl halides is 3. The molecule has 0 aromatic carbocycles. The van der Waals surface area contributed by atoms with E-state index in [0.29, 0.717) is 18.2 Å². The average molecular weight is 339 g/mol. The Kier molecular flexibility index (Phi) is 6.27. The predicted octanol–water partition coefficient (Wildman–Crippen LogP) is 2.30. The van der Waals surface area contributed by atoms with Gasteiger partial charge in [0.2, 0.25) is 0 Å². The summed E-state index contributed by atoms with van der Waals surface area (Å²) in [5, 5.41) is 7.12. The highest BCUT2D eigenvalue weighted by Crippen LogP contribution is 2.36. The first-order valence-corrected chi connectivity index (χ1v) is 8.10. The molecule has 2 aliphatic carbocycles. The fraction of sp³-hybridized carbons (Fsp3) is 0.933. The maximum Gasteiger partial charge on any atom is 0.490 e. The highest BCUT2D eigenvalue weighted by atomic mass is 19.4. The van der Waals surface area contributed by atoms with Crippen molar-refractivity contribution in [3.8, 4) is 0 Å². The first-order valence-electron chi connectivity index (χ1n) is 8.10. The van der Waals surface area contributed by atoms with Gasteiger partial charge in [0, 0.05) is 25.7 Å². The van der Waals surface area contributed by atoms with Gasteiger partial charge in [0.05, 0.1) is 18.8 Å². The van der Waals surface area contributed by atoms with Gasteiger partial charge in [0.25, 0.3) is 0 Å². The number of hydrogen-bond donors (Lipinski definition) is 1. The molecular weight excluding hydrogens is 315 g/mol. The molecule has 1 heterocycles.